The van der Waals surface area contributed by atoms with E-state index < -0.39 is 0 Å². The monoisotopic (exact) mass is 195 g/mol. The Morgan fingerprint density at radius 2 is 2.36 bits per heavy atom. The van der Waals surface area contributed by atoms with Gasteiger partial charge in [-0.25, -0.2) is 4.98 Å². The lowest BCUT2D eigenvalue weighted by molar-refractivity contribution is 0.194. The second-order valence-electron chi connectivity index (χ2n) is 3.10. The molecule has 0 radical (unpaired) electrons. The van der Waals surface area contributed by atoms with Gasteiger partial charge in [0.15, 0.2) is 0 Å². The van der Waals surface area contributed by atoms with E-state index in [1.54, 1.807) is 13.3 Å². The molecule has 0 aliphatic rings. The summed E-state index contributed by atoms with van der Waals surface area (Å²) < 4.78 is 4.96. The Morgan fingerprint density at radius 1 is 1.50 bits per heavy atom. The van der Waals surface area contributed by atoms with Crippen molar-refractivity contribution in [2.24, 2.45) is 0 Å². The number of nitrogens with two attached hydrogens (primary N) is 1. The van der Waals surface area contributed by atoms with Crippen LogP contribution in [0.3, 0.4) is 0 Å². The number of methoxy groups -OCH3 is 1. The summed E-state index contributed by atoms with van der Waals surface area (Å²) >= 11 is 0. The van der Waals surface area contributed by atoms with Crippen LogP contribution in [0.1, 0.15) is 12.8 Å². The van der Waals surface area contributed by atoms with Crippen molar-refractivity contribution in [2.75, 3.05) is 31.3 Å². The summed E-state index contributed by atoms with van der Waals surface area (Å²) in [6.07, 6.45) is 3.87. The number of anilines is 2. The van der Waals surface area contributed by atoms with E-state index in [0.717, 1.165) is 31.7 Å². The van der Waals surface area contributed by atoms with E-state index >= 15 is 0 Å². The maximum absolute atomic E-state index is 5.54. The van der Waals surface area contributed by atoms with Crippen LogP contribution < -0.4 is 11.1 Å². The first-order valence-electron chi connectivity index (χ1n) is 4.77. The van der Waals surface area contributed by atoms with Gasteiger partial charge in [-0.05, 0) is 18.9 Å². The molecule has 1 heterocycles. The van der Waals surface area contributed by atoms with Crippen molar-refractivity contribution in [1.29, 1.82) is 0 Å². The zero-order chi connectivity index (χ0) is 10.2. The molecule has 0 amide bonds. The van der Waals surface area contributed by atoms with Gasteiger partial charge < -0.3 is 15.8 Å². The zero-order valence-electron chi connectivity index (χ0n) is 8.49. The van der Waals surface area contributed by atoms with Crippen LogP contribution in [0.25, 0.3) is 0 Å². The third-order valence-electron chi connectivity index (χ3n) is 1.89. The highest BCUT2D eigenvalue weighted by Gasteiger charge is 1.92. The van der Waals surface area contributed by atoms with E-state index in [2.05, 4.69) is 10.3 Å². The predicted molar refractivity (Wildman–Crippen MR) is 58.2 cm³/mol. The fraction of sp³-hybridized carbons (Fsp3) is 0.500. The summed E-state index contributed by atoms with van der Waals surface area (Å²) in [5, 5.41) is 3.27. The molecule has 0 bridgehead atoms. The van der Waals surface area contributed by atoms with Crippen molar-refractivity contribution < 1.29 is 4.74 Å². The Labute approximate surface area is 84.5 Å². The second-order valence-corrected chi connectivity index (χ2v) is 3.10. The van der Waals surface area contributed by atoms with Crippen LogP contribution >= 0.6 is 0 Å². The van der Waals surface area contributed by atoms with Crippen LogP contribution in [0.2, 0.25) is 0 Å². The van der Waals surface area contributed by atoms with Crippen LogP contribution in [0, 0.1) is 0 Å². The number of hydrogen-bond donors (Lipinski definition) is 2. The van der Waals surface area contributed by atoms with Gasteiger partial charge in [0.05, 0.1) is 0 Å². The van der Waals surface area contributed by atoms with Crippen molar-refractivity contribution in [3.63, 3.8) is 0 Å². The van der Waals surface area contributed by atoms with Crippen LogP contribution in [0.4, 0.5) is 11.5 Å². The molecule has 0 aliphatic carbocycles. The molecule has 0 spiro atoms. The highest BCUT2D eigenvalue weighted by atomic mass is 16.5. The first-order chi connectivity index (χ1) is 6.83. The maximum Gasteiger partial charge on any atom is 0.125 e. The number of aromatic nitrogens is 1. The number of rotatable bonds is 6. The Morgan fingerprint density at radius 3 is 3.07 bits per heavy atom. The number of pyridine rings is 1. The van der Waals surface area contributed by atoms with Gasteiger partial charge in [-0.2, -0.15) is 0 Å². The zero-order valence-corrected chi connectivity index (χ0v) is 8.49. The molecule has 78 valence electrons. The van der Waals surface area contributed by atoms with Crippen molar-refractivity contribution in [1.82, 2.24) is 4.98 Å². The molecule has 0 atom stereocenters. The third-order valence-corrected chi connectivity index (χ3v) is 1.89. The Bertz CT molecular complexity index is 265. The van der Waals surface area contributed by atoms with E-state index in [1.807, 2.05) is 12.1 Å². The van der Waals surface area contributed by atoms with Gasteiger partial charge in [-0.1, -0.05) is 0 Å². The molecule has 3 N–H and O–H groups in total. The Kier molecular flexibility index (Phi) is 4.78. The van der Waals surface area contributed by atoms with E-state index in [-0.39, 0.29) is 0 Å². The van der Waals surface area contributed by atoms with Crippen LogP contribution in [0.15, 0.2) is 18.3 Å². The summed E-state index contributed by atoms with van der Waals surface area (Å²) in [5.74, 6) is 0.548. The molecule has 14 heavy (non-hydrogen) atoms. The molecule has 4 heteroatoms. The van der Waals surface area contributed by atoms with E-state index in [4.69, 9.17) is 10.5 Å². The number of nitrogen functional groups attached to an aromatic ring is 1. The highest BCUT2D eigenvalue weighted by molar-refractivity contribution is 5.49. The van der Waals surface area contributed by atoms with Crippen molar-refractivity contribution in [3.8, 4) is 0 Å². The summed E-state index contributed by atoms with van der Waals surface area (Å²) in [5.41, 5.74) is 6.56. The lowest BCUT2D eigenvalue weighted by atomic mass is 10.3. The van der Waals surface area contributed by atoms with E-state index in [9.17, 15) is 0 Å². The molecule has 0 aromatic carbocycles. The van der Waals surface area contributed by atoms with E-state index in [0.29, 0.717) is 5.82 Å². The molecule has 0 unspecified atom stereocenters. The van der Waals surface area contributed by atoms with Crippen LogP contribution in [-0.4, -0.2) is 25.2 Å². The minimum Gasteiger partial charge on any atom is -0.385 e. The smallest absolute Gasteiger partial charge is 0.125 e. The average Bonchev–Trinajstić information content (AvgIpc) is 2.18. The predicted octanol–water partition coefficient (Wildman–Crippen LogP) is 1.50. The van der Waals surface area contributed by atoms with Gasteiger partial charge in [0.1, 0.15) is 5.82 Å². The summed E-state index contributed by atoms with van der Waals surface area (Å²) in [4.78, 5) is 3.92. The number of hydrogen-bond acceptors (Lipinski definition) is 4. The van der Waals surface area contributed by atoms with Gasteiger partial charge in [-0.3, -0.25) is 0 Å². The van der Waals surface area contributed by atoms with Gasteiger partial charge in [0.2, 0.25) is 0 Å². The number of nitrogens with one attached hydrogen (secondary N) is 1. The van der Waals surface area contributed by atoms with E-state index in [1.165, 1.54) is 0 Å². The number of ether oxygens (including phenoxy) is 1. The fourth-order valence-electron chi connectivity index (χ4n) is 1.16. The fourth-order valence-corrected chi connectivity index (χ4v) is 1.16. The first-order valence-corrected chi connectivity index (χ1v) is 4.77. The molecule has 0 fully saturated rings. The van der Waals surface area contributed by atoms with Gasteiger partial charge in [0, 0.05) is 38.2 Å². The summed E-state index contributed by atoms with van der Waals surface area (Å²) in [6, 6.07) is 3.74. The number of unbranched alkanes of at least 4 members (excludes halogenated alkanes) is 1. The minimum absolute atomic E-state index is 0.548. The largest absolute Gasteiger partial charge is 0.385 e. The normalized spacial score (nSPS) is 10.1. The quantitative estimate of drug-likeness (QED) is 0.675. The molecule has 0 saturated carbocycles. The van der Waals surface area contributed by atoms with Gasteiger partial charge >= 0.3 is 0 Å². The molecule has 1 rings (SSSR count). The molecule has 0 saturated heterocycles. The van der Waals surface area contributed by atoms with Crippen molar-refractivity contribution in [2.45, 2.75) is 12.8 Å². The Hall–Kier alpha value is -1.29. The number of nitrogens with zero attached hydrogens (tertiary/aromatic N) is 1. The molecule has 1 aromatic rings. The van der Waals surface area contributed by atoms with Crippen LogP contribution in [-0.2, 0) is 4.74 Å². The molecule has 0 aliphatic heterocycles. The Balaban J connectivity index is 2.18. The third kappa shape index (κ3) is 4.09. The SMILES string of the molecule is COCCCCNc1ccnc(N)c1. The van der Waals surface area contributed by atoms with Gasteiger partial charge in [-0.15, -0.1) is 0 Å². The lowest BCUT2D eigenvalue weighted by Crippen LogP contribution is -2.03. The molecular weight excluding hydrogens is 178 g/mol. The molecular formula is C10H17N3O. The summed E-state index contributed by atoms with van der Waals surface area (Å²) in [7, 11) is 1.72. The second kappa shape index (κ2) is 6.21. The topological polar surface area (TPSA) is 60.2 Å². The standard InChI is InChI=1S/C10H17N3O/c1-14-7-3-2-5-12-9-4-6-13-10(11)8-9/h4,6,8H,2-3,5,7H2,1H3,(H3,11,12,13). The maximum atomic E-state index is 5.54. The van der Waals surface area contributed by atoms with Crippen LogP contribution in [0.5, 0.6) is 0 Å². The summed E-state index contributed by atoms with van der Waals surface area (Å²) in [6.45, 7) is 1.76. The molecule has 1 aromatic heterocycles. The first kappa shape index (κ1) is 10.8. The van der Waals surface area contributed by atoms with Gasteiger partial charge in [0.25, 0.3) is 0 Å². The van der Waals surface area contributed by atoms with Crippen molar-refractivity contribution in [3.05, 3.63) is 18.3 Å². The average molecular weight is 195 g/mol. The lowest BCUT2D eigenvalue weighted by Gasteiger charge is -2.05. The highest BCUT2D eigenvalue weighted by Crippen LogP contribution is 2.08. The van der Waals surface area contributed by atoms with Crippen molar-refractivity contribution >= 4 is 11.5 Å². The minimum atomic E-state index is 0.548. The molecule has 4 nitrogen and oxygen atoms in total.